The third-order valence-corrected chi connectivity index (χ3v) is 1.68. The van der Waals surface area contributed by atoms with Crippen molar-refractivity contribution in [3.63, 3.8) is 0 Å². The lowest BCUT2D eigenvalue weighted by atomic mass is 10.2. The zero-order valence-electron chi connectivity index (χ0n) is 6.60. The molecule has 0 spiro atoms. The van der Waals surface area contributed by atoms with Crippen LogP contribution < -0.4 is 0 Å². The fraction of sp³-hybridized carbons (Fsp3) is 0.111. The molecule has 0 heterocycles. The van der Waals surface area contributed by atoms with Gasteiger partial charge in [-0.25, -0.2) is 13.2 Å². The van der Waals surface area contributed by atoms with Gasteiger partial charge in [-0.3, -0.25) is 0 Å². The molecule has 13 heavy (non-hydrogen) atoms. The Labute approximate surface area is 79.5 Å². The van der Waals surface area contributed by atoms with E-state index in [9.17, 15) is 13.2 Å². The van der Waals surface area contributed by atoms with Gasteiger partial charge in [0, 0.05) is 11.3 Å². The average Bonchev–Trinajstić information content (AvgIpc) is 2.12. The molecule has 1 rings (SSSR count). The fourth-order valence-corrected chi connectivity index (χ4v) is 0.972. The van der Waals surface area contributed by atoms with E-state index in [1.807, 2.05) is 0 Å². The van der Waals surface area contributed by atoms with Crippen molar-refractivity contribution < 1.29 is 13.2 Å². The summed E-state index contributed by atoms with van der Waals surface area (Å²) in [6, 6.07) is 1.64. The highest BCUT2D eigenvalue weighted by Gasteiger charge is 2.10. The third-order valence-electron chi connectivity index (χ3n) is 1.47. The Morgan fingerprint density at radius 2 is 1.77 bits per heavy atom. The van der Waals surface area contributed by atoms with Crippen LogP contribution in [0.25, 0.3) is 6.08 Å². The minimum Gasteiger partial charge on any atom is -0.206 e. The van der Waals surface area contributed by atoms with Crippen LogP contribution in [0.1, 0.15) is 5.56 Å². The van der Waals surface area contributed by atoms with Crippen LogP contribution in [0.5, 0.6) is 0 Å². The molecule has 0 nitrogen and oxygen atoms in total. The van der Waals surface area contributed by atoms with Crippen LogP contribution in [0, 0.1) is 17.5 Å². The Kier molecular flexibility index (Phi) is 3.42. The number of benzene rings is 1. The van der Waals surface area contributed by atoms with Crippen LogP contribution >= 0.6 is 12.6 Å². The van der Waals surface area contributed by atoms with Crippen molar-refractivity contribution in [2.24, 2.45) is 0 Å². The van der Waals surface area contributed by atoms with Crippen molar-refractivity contribution >= 4 is 18.7 Å². The molecule has 70 valence electrons. The SMILES string of the molecule is Fc1ccc(F)c(C=CCS)c1F. The first-order valence-electron chi connectivity index (χ1n) is 3.57. The summed E-state index contributed by atoms with van der Waals surface area (Å²) < 4.78 is 38.4. The molecular formula is C9H7F3S. The molecule has 0 amide bonds. The second-order valence-electron chi connectivity index (χ2n) is 2.34. The van der Waals surface area contributed by atoms with Crippen molar-refractivity contribution in [1.82, 2.24) is 0 Å². The second-order valence-corrected chi connectivity index (χ2v) is 2.71. The van der Waals surface area contributed by atoms with Gasteiger partial charge in [-0.15, -0.1) is 0 Å². The lowest BCUT2D eigenvalue weighted by Crippen LogP contribution is -1.92. The third kappa shape index (κ3) is 2.28. The van der Waals surface area contributed by atoms with E-state index in [1.165, 1.54) is 12.2 Å². The van der Waals surface area contributed by atoms with Crippen molar-refractivity contribution in [3.05, 3.63) is 41.2 Å². The number of hydrogen-bond acceptors (Lipinski definition) is 1. The fourth-order valence-electron chi connectivity index (χ4n) is 0.866. The molecule has 0 bridgehead atoms. The maximum absolute atomic E-state index is 12.9. The zero-order valence-corrected chi connectivity index (χ0v) is 7.49. The minimum absolute atomic E-state index is 0.343. The van der Waals surface area contributed by atoms with Crippen molar-refractivity contribution in [3.8, 4) is 0 Å². The summed E-state index contributed by atoms with van der Waals surface area (Å²) in [4.78, 5) is 0. The van der Waals surface area contributed by atoms with E-state index >= 15 is 0 Å². The molecule has 0 N–H and O–H groups in total. The molecular weight excluding hydrogens is 197 g/mol. The number of thiol groups is 1. The monoisotopic (exact) mass is 204 g/mol. The van der Waals surface area contributed by atoms with Gasteiger partial charge in [-0.1, -0.05) is 12.2 Å². The number of hydrogen-bond donors (Lipinski definition) is 1. The summed E-state index contributed by atoms with van der Waals surface area (Å²) in [7, 11) is 0. The standard InChI is InChI=1S/C9H7F3S/c10-7-3-4-8(11)9(12)6(7)2-1-5-13/h1-4,13H,5H2. The highest BCUT2D eigenvalue weighted by molar-refractivity contribution is 7.80. The lowest BCUT2D eigenvalue weighted by molar-refractivity contribution is 0.492. The first-order chi connectivity index (χ1) is 6.16. The molecule has 0 fully saturated rings. The van der Waals surface area contributed by atoms with Gasteiger partial charge in [0.05, 0.1) is 0 Å². The maximum atomic E-state index is 12.9. The van der Waals surface area contributed by atoms with Crippen LogP contribution in [-0.2, 0) is 0 Å². The van der Waals surface area contributed by atoms with E-state index in [0.717, 1.165) is 12.1 Å². The molecule has 0 saturated heterocycles. The smallest absolute Gasteiger partial charge is 0.168 e. The highest BCUT2D eigenvalue weighted by Crippen LogP contribution is 2.17. The Bertz CT molecular complexity index is 334. The summed E-state index contributed by atoms with van der Waals surface area (Å²) in [5.74, 6) is -2.66. The van der Waals surface area contributed by atoms with Crippen LogP contribution in [0.3, 0.4) is 0 Å². The molecule has 0 aromatic heterocycles. The van der Waals surface area contributed by atoms with Crippen LogP contribution in [0.15, 0.2) is 18.2 Å². The van der Waals surface area contributed by atoms with Gasteiger partial charge in [-0.2, -0.15) is 12.6 Å². The Morgan fingerprint density at radius 1 is 1.15 bits per heavy atom. The van der Waals surface area contributed by atoms with E-state index in [-0.39, 0.29) is 5.56 Å². The topological polar surface area (TPSA) is 0 Å². The predicted molar refractivity (Wildman–Crippen MR) is 49.2 cm³/mol. The summed E-state index contributed by atoms with van der Waals surface area (Å²) >= 11 is 3.82. The van der Waals surface area contributed by atoms with Gasteiger partial charge in [-0.05, 0) is 12.1 Å². The number of halogens is 3. The molecule has 1 aromatic carbocycles. The highest BCUT2D eigenvalue weighted by atomic mass is 32.1. The normalized spacial score (nSPS) is 11.1. The van der Waals surface area contributed by atoms with Crippen LogP contribution in [0.2, 0.25) is 0 Å². The lowest BCUT2D eigenvalue weighted by Gasteiger charge is -1.99. The number of rotatable bonds is 2. The molecule has 4 heteroatoms. The summed E-state index contributed by atoms with van der Waals surface area (Å²) in [5.41, 5.74) is -0.367. The van der Waals surface area contributed by atoms with E-state index < -0.39 is 17.5 Å². The van der Waals surface area contributed by atoms with Crippen LogP contribution in [-0.4, -0.2) is 5.75 Å². The predicted octanol–water partition coefficient (Wildman–Crippen LogP) is 3.05. The minimum atomic E-state index is -1.17. The van der Waals surface area contributed by atoms with Gasteiger partial charge >= 0.3 is 0 Å². The summed E-state index contributed by atoms with van der Waals surface area (Å²) in [6.07, 6.45) is 2.60. The van der Waals surface area contributed by atoms with Crippen LogP contribution in [0.4, 0.5) is 13.2 Å². The van der Waals surface area contributed by atoms with E-state index in [2.05, 4.69) is 12.6 Å². The van der Waals surface area contributed by atoms with Crippen molar-refractivity contribution in [1.29, 1.82) is 0 Å². The Hall–Kier alpha value is -0.900. The van der Waals surface area contributed by atoms with Gasteiger partial charge in [0.2, 0.25) is 0 Å². The van der Waals surface area contributed by atoms with Gasteiger partial charge in [0.15, 0.2) is 11.6 Å². The van der Waals surface area contributed by atoms with Gasteiger partial charge in [0.25, 0.3) is 0 Å². The molecule has 0 aliphatic heterocycles. The molecule has 0 aliphatic carbocycles. The Balaban J connectivity index is 3.17. The molecule has 0 radical (unpaired) electrons. The van der Waals surface area contributed by atoms with Gasteiger partial charge < -0.3 is 0 Å². The zero-order chi connectivity index (χ0) is 9.84. The molecule has 0 unspecified atom stereocenters. The molecule has 1 aromatic rings. The van der Waals surface area contributed by atoms with Gasteiger partial charge in [0.1, 0.15) is 5.82 Å². The quantitative estimate of drug-likeness (QED) is 0.555. The molecule has 0 atom stereocenters. The van der Waals surface area contributed by atoms with Crippen molar-refractivity contribution in [2.75, 3.05) is 5.75 Å². The average molecular weight is 204 g/mol. The first-order valence-corrected chi connectivity index (χ1v) is 4.21. The largest absolute Gasteiger partial charge is 0.206 e. The van der Waals surface area contributed by atoms with E-state index in [4.69, 9.17) is 0 Å². The maximum Gasteiger partial charge on any atom is 0.168 e. The second kappa shape index (κ2) is 4.37. The molecule has 0 saturated carbocycles. The first kappa shape index (κ1) is 10.2. The van der Waals surface area contributed by atoms with E-state index in [1.54, 1.807) is 0 Å². The summed E-state index contributed by atoms with van der Waals surface area (Å²) in [6.45, 7) is 0. The van der Waals surface area contributed by atoms with Crippen molar-refractivity contribution in [2.45, 2.75) is 0 Å². The molecule has 0 aliphatic rings. The Morgan fingerprint density at radius 3 is 2.38 bits per heavy atom. The van der Waals surface area contributed by atoms with E-state index in [0.29, 0.717) is 5.75 Å². The summed E-state index contributed by atoms with van der Waals surface area (Å²) in [5, 5.41) is 0.